The van der Waals surface area contributed by atoms with Gasteiger partial charge in [-0.2, -0.15) is 0 Å². The third-order valence-corrected chi connectivity index (χ3v) is 5.47. The van der Waals surface area contributed by atoms with Gasteiger partial charge >= 0.3 is 12.0 Å². The molecule has 1 aliphatic carbocycles. The maximum absolute atomic E-state index is 12.8. The molecule has 0 aromatic rings. The molecule has 2 saturated heterocycles. The van der Waals surface area contributed by atoms with Gasteiger partial charge in [0, 0.05) is 32.2 Å². The number of carbonyl (C=O) groups excluding carboxylic acids is 1. The molecule has 3 rings (SSSR count). The number of likely N-dealkylation sites (N-methyl/N-ethyl adjacent to an activating group) is 1. The first-order valence-electron chi connectivity index (χ1n) is 7.97. The largest absolute Gasteiger partial charge is 0.480 e. The van der Waals surface area contributed by atoms with Crippen molar-refractivity contribution in [1.82, 2.24) is 14.7 Å². The number of aliphatic carboxylic acids is 1. The van der Waals surface area contributed by atoms with Crippen LogP contribution in [0.2, 0.25) is 0 Å². The summed E-state index contributed by atoms with van der Waals surface area (Å²) >= 11 is 0. The average Bonchev–Trinajstić information content (AvgIpc) is 2.96. The Labute approximate surface area is 125 Å². The Morgan fingerprint density at radius 3 is 2.52 bits per heavy atom. The summed E-state index contributed by atoms with van der Waals surface area (Å²) in [7, 11) is 2.05. The van der Waals surface area contributed by atoms with Crippen molar-refractivity contribution in [2.75, 3.05) is 33.2 Å². The molecular formula is C15H25N3O3. The van der Waals surface area contributed by atoms with E-state index in [1.807, 2.05) is 11.8 Å². The number of carboxylic acids is 1. The highest BCUT2D eigenvalue weighted by Crippen LogP contribution is 2.42. The minimum Gasteiger partial charge on any atom is -0.480 e. The summed E-state index contributed by atoms with van der Waals surface area (Å²) in [6.07, 6.45) is 3.12. The van der Waals surface area contributed by atoms with Gasteiger partial charge in [0.2, 0.25) is 0 Å². The number of fused-ring (bicyclic) bond motifs is 1. The number of urea groups is 1. The summed E-state index contributed by atoms with van der Waals surface area (Å²) in [5, 5.41) is 9.57. The maximum Gasteiger partial charge on any atom is 0.326 e. The number of nitrogens with zero attached hydrogens (tertiary/aromatic N) is 3. The minimum absolute atomic E-state index is 0.0719. The van der Waals surface area contributed by atoms with E-state index in [0.717, 1.165) is 32.4 Å². The Balaban J connectivity index is 1.76. The third-order valence-electron chi connectivity index (χ3n) is 5.47. The van der Waals surface area contributed by atoms with Crippen molar-refractivity contribution in [3.63, 3.8) is 0 Å². The van der Waals surface area contributed by atoms with Crippen LogP contribution in [0.15, 0.2) is 0 Å². The first-order valence-corrected chi connectivity index (χ1v) is 7.97. The van der Waals surface area contributed by atoms with Crippen LogP contribution in [0.1, 0.15) is 26.2 Å². The van der Waals surface area contributed by atoms with E-state index in [2.05, 4.69) is 11.9 Å². The number of piperazine rings is 1. The van der Waals surface area contributed by atoms with E-state index < -0.39 is 12.0 Å². The molecule has 2 heterocycles. The van der Waals surface area contributed by atoms with Crippen molar-refractivity contribution in [2.45, 2.75) is 38.3 Å². The monoisotopic (exact) mass is 295 g/mol. The fourth-order valence-corrected chi connectivity index (χ4v) is 4.41. The molecular weight excluding hydrogens is 270 g/mol. The number of hydrogen-bond donors (Lipinski definition) is 1. The Hall–Kier alpha value is -1.30. The zero-order valence-electron chi connectivity index (χ0n) is 12.9. The highest BCUT2D eigenvalue weighted by Gasteiger charge is 2.50. The van der Waals surface area contributed by atoms with Crippen molar-refractivity contribution in [2.24, 2.45) is 11.8 Å². The third kappa shape index (κ3) is 2.50. The molecule has 2 amide bonds. The Morgan fingerprint density at radius 2 is 1.86 bits per heavy atom. The lowest BCUT2D eigenvalue weighted by molar-refractivity contribution is -0.142. The lowest BCUT2D eigenvalue weighted by atomic mass is 9.94. The zero-order valence-corrected chi connectivity index (χ0v) is 12.9. The van der Waals surface area contributed by atoms with E-state index in [1.54, 1.807) is 4.90 Å². The highest BCUT2D eigenvalue weighted by molar-refractivity contribution is 5.84. The number of carbonyl (C=O) groups is 2. The van der Waals surface area contributed by atoms with Crippen LogP contribution in [0.5, 0.6) is 0 Å². The molecule has 4 atom stereocenters. The van der Waals surface area contributed by atoms with Gasteiger partial charge in [0.15, 0.2) is 0 Å². The van der Waals surface area contributed by atoms with Crippen LogP contribution in [0.25, 0.3) is 0 Å². The Morgan fingerprint density at radius 1 is 1.10 bits per heavy atom. The first-order chi connectivity index (χ1) is 9.99. The normalized spacial score (nSPS) is 36.9. The standard InChI is InChI=1S/C15H25N3O3/c1-10-8-16(2)6-7-17(10)15(21)18-9-11-4-3-5-12(11)13(18)14(19)20/h10-13H,3-9H2,1-2H3,(H,19,20). The van der Waals surface area contributed by atoms with Gasteiger partial charge in [0.05, 0.1) is 0 Å². The van der Waals surface area contributed by atoms with E-state index in [9.17, 15) is 14.7 Å². The van der Waals surface area contributed by atoms with Gasteiger partial charge < -0.3 is 19.8 Å². The number of hydrogen-bond acceptors (Lipinski definition) is 3. The number of amides is 2. The molecule has 3 fully saturated rings. The predicted octanol–water partition coefficient (Wildman–Crippen LogP) is 0.927. The second-order valence-electron chi connectivity index (χ2n) is 6.88. The Kier molecular flexibility index (Phi) is 3.82. The summed E-state index contributed by atoms with van der Waals surface area (Å²) in [6.45, 7) is 5.06. The van der Waals surface area contributed by atoms with Crippen molar-refractivity contribution in [3.05, 3.63) is 0 Å². The molecule has 4 unspecified atom stereocenters. The van der Waals surface area contributed by atoms with Gasteiger partial charge in [-0.1, -0.05) is 6.42 Å². The van der Waals surface area contributed by atoms with Crippen molar-refractivity contribution in [1.29, 1.82) is 0 Å². The molecule has 0 spiro atoms. The first kappa shape index (κ1) is 14.6. The Bertz CT molecular complexity index is 442. The van der Waals surface area contributed by atoms with Crippen LogP contribution in [-0.4, -0.2) is 77.1 Å². The molecule has 2 aliphatic heterocycles. The summed E-state index contributed by atoms with van der Waals surface area (Å²) in [6, 6.07) is -0.541. The second kappa shape index (κ2) is 5.48. The fourth-order valence-electron chi connectivity index (χ4n) is 4.41. The zero-order chi connectivity index (χ0) is 15.1. The van der Waals surface area contributed by atoms with Gasteiger partial charge in [0.1, 0.15) is 6.04 Å². The molecule has 3 aliphatic rings. The van der Waals surface area contributed by atoms with Crippen molar-refractivity contribution >= 4 is 12.0 Å². The van der Waals surface area contributed by atoms with Crippen molar-refractivity contribution < 1.29 is 14.7 Å². The quantitative estimate of drug-likeness (QED) is 0.781. The fraction of sp³-hybridized carbons (Fsp3) is 0.867. The van der Waals surface area contributed by atoms with E-state index in [1.165, 1.54) is 0 Å². The van der Waals surface area contributed by atoms with E-state index in [4.69, 9.17) is 0 Å². The van der Waals surface area contributed by atoms with Gasteiger partial charge in [-0.15, -0.1) is 0 Å². The van der Waals surface area contributed by atoms with Gasteiger partial charge in [-0.05, 0) is 38.6 Å². The number of likely N-dealkylation sites (tertiary alicyclic amines) is 1. The van der Waals surface area contributed by atoms with E-state index in [-0.39, 0.29) is 18.0 Å². The topological polar surface area (TPSA) is 64.1 Å². The molecule has 21 heavy (non-hydrogen) atoms. The minimum atomic E-state index is -0.834. The number of rotatable bonds is 1. The van der Waals surface area contributed by atoms with E-state index >= 15 is 0 Å². The van der Waals surface area contributed by atoms with Crippen LogP contribution < -0.4 is 0 Å². The average molecular weight is 295 g/mol. The van der Waals surface area contributed by atoms with Gasteiger partial charge in [-0.3, -0.25) is 0 Å². The van der Waals surface area contributed by atoms with Crippen LogP contribution >= 0.6 is 0 Å². The van der Waals surface area contributed by atoms with Crippen LogP contribution in [0, 0.1) is 11.8 Å². The SMILES string of the molecule is CC1CN(C)CCN1C(=O)N1CC2CCCC2C1C(=O)O. The molecule has 0 bridgehead atoms. The van der Waals surface area contributed by atoms with E-state index in [0.29, 0.717) is 19.0 Å². The van der Waals surface area contributed by atoms with Crippen LogP contribution in [-0.2, 0) is 4.79 Å². The summed E-state index contributed by atoms with van der Waals surface area (Å²) in [5.41, 5.74) is 0. The molecule has 6 heteroatoms. The molecule has 6 nitrogen and oxygen atoms in total. The lowest BCUT2D eigenvalue weighted by Gasteiger charge is -2.41. The number of carboxylic acid groups (broad SMARTS) is 1. The van der Waals surface area contributed by atoms with Crippen molar-refractivity contribution in [3.8, 4) is 0 Å². The molecule has 118 valence electrons. The lowest BCUT2D eigenvalue weighted by Crippen LogP contribution is -2.58. The van der Waals surface area contributed by atoms with Crippen LogP contribution in [0.3, 0.4) is 0 Å². The summed E-state index contributed by atoms with van der Waals surface area (Å²) in [4.78, 5) is 30.2. The molecule has 0 radical (unpaired) electrons. The molecule has 1 saturated carbocycles. The van der Waals surface area contributed by atoms with Crippen LogP contribution in [0.4, 0.5) is 4.79 Å². The van der Waals surface area contributed by atoms with Gasteiger partial charge in [0.25, 0.3) is 0 Å². The molecule has 0 aromatic heterocycles. The maximum atomic E-state index is 12.8. The predicted molar refractivity (Wildman–Crippen MR) is 78.0 cm³/mol. The smallest absolute Gasteiger partial charge is 0.326 e. The van der Waals surface area contributed by atoms with Gasteiger partial charge in [-0.25, -0.2) is 9.59 Å². The summed E-state index contributed by atoms with van der Waals surface area (Å²) < 4.78 is 0. The second-order valence-corrected chi connectivity index (χ2v) is 6.88. The highest BCUT2D eigenvalue weighted by atomic mass is 16.4. The molecule has 0 aromatic carbocycles. The molecule has 1 N–H and O–H groups in total. The summed E-state index contributed by atoms with van der Waals surface area (Å²) in [5.74, 6) is -0.286.